The third-order valence-corrected chi connectivity index (χ3v) is 4.20. The zero-order valence-electron chi connectivity index (χ0n) is 13.3. The normalized spacial score (nSPS) is 19.2. The zero-order chi connectivity index (χ0) is 17.0. The van der Waals surface area contributed by atoms with E-state index in [4.69, 9.17) is 0 Å². The van der Waals surface area contributed by atoms with Crippen molar-refractivity contribution in [2.45, 2.75) is 31.6 Å². The molecular formula is C18H20F3N3. The molecule has 2 aromatic rings. The van der Waals surface area contributed by atoms with Crippen molar-refractivity contribution < 1.29 is 13.2 Å². The van der Waals surface area contributed by atoms with E-state index in [0.717, 1.165) is 44.7 Å². The second-order valence-electron chi connectivity index (χ2n) is 6.13. The molecule has 1 unspecified atom stereocenters. The predicted molar refractivity (Wildman–Crippen MR) is 87.6 cm³/mol. The first-order chi connectivity index (χ1) is 11.5. The summed E-state index contributed by atoms with van der Waals surface area (Å²) in [5.74, 6) is 0.495. The molecule has 1 saturated heterocycles. The first kappa shape index (κ1) is 16.8. The number of benzene rings is 1. The molecule has 1 N–H and O–H groups in total. The summed E-state index contributed by atoms with van der Waals surface area (Å²) in [5, 5.41) is 3.26. The molecule has 6 heteroatoms. The van der Waals surface area contributed by atoms with Crippen molar-refractivity contribution >= 4 is 5.82 Å². The molecule has 0 bridgehead atoms. The Morgan fingerprint density at radius 1 is 1.12 bits per heavy atom. The monoisotopic (exact) mass is 335 g/mol. The molecule has 128 valence electrons. The number of hydrogen-bond donors (Lipinski definition) is 1. The van der Waals surface area contributed by atoms with Gasteiger partial charge in [-0.1, -0.05) is 30.3 Å². The lowest BCUT2D eigenvalue weighted by molar-refractivity contribution is -0.137. The molecule has 1 fully saturated rings. The molecule has 24 heavy (non-hydrogen) atoms. The van der Waals surface area contributed by atoms with Crippen LogP contribution in [0.2, 0.25) is 0 Å². The van der Waals surface area contributed by atoms with Gasteiger partial charge < -0.3 is 5.32 Å². The van der Waals surface area contributed by atoms with Crippen LogP contribution in [-0.4, -0.2) is 29.0 Å². The number of pyridine rings is 1. The quantitative estimate of drug-likeness (QED) is 0.909. The van der Waals surface area contributed by atoms with E-state index in [-0.39, 0.29) is 6.04 Å². The zero-order valence-corrected chi connectivity index (χ0v) is 13.3. The number of hydrogen-bond acceptors (Lipinski definition) is 3. The first-order valence-electron chi connectivity index (χ1n) is 8.07. The van der Waals surface area contributed by atoms with E-state index in [2.05, 4.69) is 27.3 Å². The van der Waals surface area contributed by atoms with Crippen molar-refractivity contribution in [1.29, 1.82) is 0 Å². The standard InChI is InChI=1S/C18H20F3N3/c19-18(20,21)15-8-9-17(22-11-15)23-16-7-4-10-24(13-16)12-14-5-2-1-3-6-14/h1-3,5-6,8-9,11,16H,4,7,10,12-13H2,(H,22,23). The average molecular weight is 335 g/mol. The third kappa shape index (κ3) is 4.47. The molecule has 1 aromatic heterocycles. The molecule has 0 spiro atoms. The maximum absolute atomic E-state index is 12.6. The van der Waals surface area contributed by atoms with Crippen LogP contribution >= 0.6 is 0 Å². The van der Waals surface area contributed by atoms with Crippen molar-refractivity contribution in [3.63, 3.8) is 0 Å². The van der Waals surface area contributed by atoms with Crippen LogP contribution in [0.5, 0.6) is 0 Å². The summed E-state index contributed by atoms with van der Waals surface area (Å²) in [6.07, 6.45) is -1.41. The second kappa shape index (κ2) is 7.21. The average Bonchev–Trinajstić information content (AvgIpc) is 2.56. The molecular weight excluding hydrogens is 315 g/mol. The molecule has 1 aromatic carbocycles. The molecule has 3 rings (SSSR count). The highest BCUT2D eigenvalue weighted by molar-refractivity contribution is 5.37. The smallest absolute Gasteiger partial charge is 0.366 e. The van der Waals surface area contributed by atoms with Gasteiger partial charge in [0.25, 0.3) is 0 Å². The minimum absolute atomic E-state index is 0.201. The lowest BCUT2D eigenvalue weighted by Gasteiger charge is -2.33. The summed E-state index contributed by atoms with van der Waals surface area (Å²) in [7, 11) is 0. The molecule has 0 saturated carbocycles. The Morgan fingerprint density at radius 3 is 2.58 bits per heavy atom. The minimum atomic E-state index is -4.34. The summed E-state index contributed by atoms with van der Waals surface area (Å²) in [5.41, 5.74) is 0.549. The van der Waals surface area contributed by atoms with Gasteiger partial charge in [0, 0.05) is 25.3 Å². The highest BCUT2D eigenvalue weighted by Crippen LogP contribution is 2.29. The Balaban J connectivity index is 1.57. The third-order valence-electron chi connectivity index (χ3n) is 4.20. The summed E-state index contributed by atoms with van der Waals surface area (Å²) < 4.78 is 37.7. The van der Waals surface area contributed by atoms with Crippen molar-refractivity contribution in [2.24, 2.45) is 0 Å². The van der Waals surface area contributed by atoms with E-state index in [1.54, 1.807) is 0 Å². The van der Waals surface area contributed by atoms with Crippen LogP contribution in [0, 0.1) is 0 Å². The van der Waals surface area contributed by atoms with Gasteiger partial charge >= 0.3 is 6.18 Å². The van der Waals surface area contributed by atoms with E-state index in [1.807, 2.05) is 18.2 Å². The van der Waals surface area contributed by atoms with E-state index >= 15 is 0 Å². The van der Waals surface area contributed by atoms with Crippen LogP contribution in [0.3, 0.4) is 0 Å². The van der Waals surface area contributed by atoms with Gasteiger partial charge in [-0.3, -0.25) is 4.90 Å². The number of nitrogens with one attached hydrogen (secondary N) is 1. The summed E-state index contributed by atoms with van der Waals surface area (Å²) in [4.78, 5) is 6.26. The van der Waals surface area contributed by atoms with Crippen LogP contribution in [0.25, 0.3) is 0 Å². The molecule has 1 aliphatic rings. The fourth-order valence-electron chi connectivity index (χ4n) is 3.01. The topological polar surface area (TPSA) is 28.2 Å². The number of nitrogens with zero attached hydrogens (tertiary/aromatic N) is 2. The minimum Gasteiger partial charge on any atom is -0.366 e. The van der Waals surface area contributed by atoms with Gasteiger partial charge in [0.05, 0.1) is 5.56 Å². The number of aromatic nitrogens is 1. The molecule has 0 radical (unpaired) electrons. The molecule has 0 amide bonds. The Morgan fingerprint density at radius 2 is 1.92 bits per heavy atom. The van der Waals surface area contributed by atoms with Gasteiger partial charge in [-0.25, -0.2) is 4.98 Å². The maximum Gasteiger partial charge on any atom is 0.417 e. The van der Waals surface area contributed by atoms with Crippen LogP contribution in [0.1, 0.15) is 24.0 Å². The Hall–Kier alpha value is -2.08. The number of likely N-dealkylation sites (tertiary alicyclic amines) is 1. The van der Waals surface area contributed by atoms with Crippen LogP contribution in [0.4, 0.5) is 19.0 Å². The van der Waals surface area contributed by atoms with Crippen LogP contribution in [0.15, 0.2) is 48.7 Å². The summed E-state index contributed by atoms with van der Waals surface area (Å²) in [6.45, 7) is 2.78. The van der Waals surface area contributed by atoms with E-state index < -0.39 is 11.7 Å². The second-order valence-corrected chi connectivity index (χ2v) is 6.13. The van der Waals surface area contributed by atoms with Gasteiger partial charge in [-0.15, -0.1) is 0 Å². The lowest BCUT2D eigenvalue weighted by atomic mass is 10.0. The highest BCUT2D eigenvalue weighted by Gasteiger charge is 2.30. The number of piperidine rings is 1. The lowest BCUT2D eigenvalue weighted by Crippen LogP contribution is -2.41. The Bertz CT molecular complexity index is 641. The molecule has 2 heterocycles. The fourth-order valence-corrected chi connectivity index (χ4v) is 3.01. The van der Waals surface area contributed by atoms with Crippen molar-refractivity contribution in [2.75, 3.05) is 18.4 Å². The van der Waals surface area contributed by atoms with Crippen molar-refractivity contribution in [3.05, 3.63) is 59.8 Å². The molecule has 3 nitrogen and oxygen atoms in total. The highest BCUT2D eigenvalue weighted by atomic mass is 19.4. The fraction of sp³-hybridized carbons (Fsp3) is 0.389. The van der Waals surface area contributed by atoms with Gasteiger partial charge in [0.15, 0.2) is 0 Å². The number of rotatable bonds is 4. The van der Waals surface area contributed by atoms with Crippen LogP contribution in [-0.2, 0) is 12.7 Å². The molecule has 1 atom stereocenters. The number of alkyl halides is 3. The Labute approximate surface area is 139 Å². The van der Waals surface area contributed by atoms with Gasteiger partial charge in [0.2, 0.25) is 0 Å². The summed E-state index contributed by atoms with van der Waals surface area (Å²) >= 11 is 0. The molecule has 1 aliphatic heterocycles. The van der Waals surface area contributed by atoms with E-state index in [9.17, 15) is 13.2 Å². The summed E-state index contributed by atoms with van der Waals surface area (Å²) in [6, 6.07) is 12.9. The first-order valence-corrected chi connectivity index (χ1v) is 8.07. The van der Waals surface area contributed by atoms with Crippen LogP contribution < -0.4 is 5.32 Å². The van der Waals surface area contributed by atoms with Gasteiger partial charge in [0.1, 0.15) is 5.82 Å². The number of halogens is 3. The van der Waals surface area contributed by atoms with E-state index in [1.165, 1.54) is 11.6 Å². The van der Waals surface area contributed by atoms with Crippen molar-refractivity contribution in [1.82, 2.24) is 9.88 Å². The largest absolute Gasteiger partial charge is 0.417 e. The Kier molecular flexibility index (Phi) is 5.04. The number of anilines is 1. The maximum atomic E-state index is 12.6. The van der Waals surface area contributed by atoms with Gasteiger partial charge in [-0.05, 0) is 37.1 Å². The predicted octanol–water partition coefficient (Wildman–Crippen LogP) is 4.18. The van der Waals surface area contributed by atoms with E-state index in [0.29, 0.717) is 5.82 Å². The molecule has 0 aliphatic carbocycles. The van der Waals surface area contributed by atoms with Gasteiger partial charge in [-0.2, -0.15) is 13.2 Å². The SMILES string of the molecule is FC(F)(F)c1ccc(NC2CCCN(Cc3ccccc3)C2)nc1. The van der Waals surface area contributed by atoms with Crippen molar-refractivity contribution in [3.8, 4) is 0 Å².